The van der Waals surface area contributed by atoms with Crippen LogP contribution in [-0.2, 0) is 0 Å². The Labute approximate surface area is 116 Å². The third-order valence-electron chi connectivity index (χ3n) is 3.11. The van der Waals surface area contributed by atoms with Gasteiger partial charge in [0.1, 0.15) is 11.9 Å². The van der Waals surface area contributed by atoms with Crippen LogP contribution in [0.15, 0.2) is 29.6 Å². The lowest BCUT2D eigenvalue weighted by molar-refractivity contribution is 0.142. The number of methoxy groups -OCH3 is 1. The molecule has 3 N–H and O–H groups in total. The van der Waals surface area contributed by atoms with Crippen molar-refractivity contribution in [1.29, 1.82) is 0 Å². The molecule has 0 aliphatic carbocycles. The van der Waals surface area contributed by atoms with Gasteiger partial charge in [0, 0.05) is 23.4 Å². The number of benzene rings is 1. The van der Waals surface area contributed by atoms with Crippen LogP contribution in [0.25, 0.3) is 0 Å². The average molecular weight is 278 g/mol. The molecular formula is C14H18N2O2S. The maximum atomic E-state index is 10.5. The Morgan fingerprint density at radius 2 is 2.16 bits per heavy atom. The summed E-state index contributed by atoms with van der Waals surface area (Å²) in [6.45, 7) is 2.25. The van der Waals surface area contributed by atoms with E-state index in [4.69, 9.17) is 10.5 Å². The Kier molecular flexibility index (Phi) is 4.52. The van der Waals surface area contributed by atoms with Gasteiger partial charge in [0.05, 0.1) is 17.8 Å². The molecule has 2 unspecified atom stereocenters. The molecule has 1 aromatic heterocycles. The van der Waals surface area contributed by atoms with E-state index in [-0.39, 0.29) is 5.92 Å². The predicted octanol–water partition coefficient (Wildman–Crippen LogP) is 2.24. The Balaban J connectivity index is 2.33. The molecule has 4 nitrogen and oxygen atoms in total. The minimum absolute atomic E-state index is 0.224. The van der Waals surface area contributed by atoms with Gasteiger partial charge in [0.2, 0.25) is 0 Å². The van der Waals surface area contributed by atoms with Crippen molar-refractivity contribution in [3.63, 3.8) is 0 Å². The van der Waals surface area contributed by atoms with Gasteiger partial charge in [-0.05, 0) is 13.0 Å². The molecule has 2 aromatic rings. The SMILES string of the molecule is COc1ccccc1C(CN)C(O)c1csc(C)n1. The lowest BCUT2D eigenvalue weighted by Crippen LogP contribution is -2.21. The molecule has 0 saturated carbocycles. The van der Waals surface area contributed by atoms with E-state index in [0.29, 0.717) is 12.2 Å². The first-order valence-electron chi connectivity index (χ1n) is 6.10. The molecule has 0 bridgehead atoms. The number of para-hydroxylation sites is 1. The molecule has 1 heterocycles. The van der Waals surface area contributed by atoms with E-state index in [2.05, 4.69) is 4.98 Å². The number of aryl methyl sites for hydroxylation is 1. The van der Waals surface area contributed by atoms with Crippen molar-refractivity contribution in [2.45, 2.75) is 18.9 Å². The van der Waals surface area contributed by atoms with Gasteiger partial charge in [0.15, 0.2) is 0 Å². The van der Waals surface area contributed by atoms with Crippen LogP contribution in [0.3, 0.4) is 0 Å². The third kappa shape index (κ3) is 2.94. The Morgan fingerprint density at radius 1 is 1.42 bits per heavy atom. The zero-order valence-electron chi connectivity index (χ0n) is 11.0. The summed E-state index contributed by atoms with van der Waals surface area (Å²) in [6.07, 6.45) is -0.716. The summed E-state index contributed by atoms with van der Waals surface area (Å²) in [5, 5.41) is 13.3. The minimum atomic E-state index is -0.716. The maximum Gasteiger partial charge on any atom is 0.122 e. The molecule has 0 amide bonds. The van der Waals surface area contributed by atoms with E-state index < -0.39 is 6.10 Å². The molecule has 0 saturated heterocycles. The highest BCUT2D eigenvalue weighted by molar-refractivity contribution is 7.09. The van der Waals surface area contributed by atoms with Crippen LogP contribution >= 0.6 is 11.3 Å². The summed E-state index contributed by atoms with van der Waals surface area (Å²) >= 11 is 1.52. The normalized spacial score (nSPS) is 14.1. The van der Waals surface area contributed by atoms with Crippen LogP contribution in [0.4, 0.5) is 0 Å². The topological polar surface area (TPSA) is 68.4 Å². The molecule has 2 rings (SSSR count). The van der Waals surface area contributed by atoms with E-state index in [1.165, 1.54) is 11.3 Å². The maximum absolute atomic E-state index is 10.5. The van der Waals surface area contributed by atoms with Crippen LogP contribution in [0.5, 0.6) is 5.75 Å². The van der Waals surface area contributed by atoms with E-state index >= 15 is 0 Å². The van der Waals surface area contributed by atoms with Crippen molar-refractivity contribution in [3.05, 3.63) is 45.9 Å². The van der Waals surface area contributed by atoms with Crippen molar-refractivity contribution in [2.24, 2.45) is 5.73 Å². The summed E-state index contributed by atoms with van der Waals surface area (Å²) in [5.74, 6) is 0.515. The first-order chi connectivity index (χ1) is 9.17. The quantitative estimate of drug-likeness (QED) is 0.880. The monoisotopic (exact) mass is 278 g/mol. The highest BCUT2D eigenvalue weighted by Gasteiger charge is 2.25. The second-order valence-corrected chi connectivity index (χ2v) is 5.38. The number of aromatic nitrogens is 1. The van der Waals surface area contributed by atoms with Crippen molar-refractivity contribution >= 4 is 11.3 Å². The molecule has 0 aliphatic rings. The molecule has 0 fully saturated rings. The fourth-order valence-electron chi connectivity index (χ4n) is 2.12. The average Bonchev–Trinajstić information content (AvgIpc) is 2.86. The predicted molar refractivity (Wildman–Crippen MR) is 76.6 cm³/mol. The molecule has 0 radical (unpaired) electrons. The fraction of sp³-hybridized carbons (Fsp3) is 0.357. The van der Waals surface area contributed by atoms with Crippen LogP contribution in [0, 0.1) is 6.92 Å². The van der Waals surface area contributed by atoms with E-state index in [0.717, 1.165) is 16.3 Å². The zero-order valence-corrected chi connectivity index (χ0v) is 11.9. The fourth-order valence-corrected chi connectivity index (χ4v) is 2.76. The van der Waals surface area contributed by atoms with Gasteiger partial charge in [0.25, 0.3) is 0 Å². The first-order valence-corrected chi connectivity index (χ1v) is 6.98. The van der Waals surface area contributed by atoms with Crippen molar-refractivity contribution in [2.75, 3.05) is 13.7 Å². The van der Waals surface area contributed by atoms with Crippen LogP contribution < -0.4 is 10.5 Å². The Bertz CT molecular complexity index is 542. The summed E-state index contributed by atoms with van der Waals surface area (Å²) in [4.78, 5) is 4.33. The molecule has 0 spiro atoms. The number of aliphatic hydroxyl groups is 1. The third-order valence-corrected chi connectivity index (χ3v) is 3.91. The number of nitrogens with two attached hydrogens (primary N) is 1. The number of rotatable bonds is 5. The lowest BCUT2D eigenvalue weighted by atomic mass is 9.91. The van der Waals surface area contributed by atoms with Gasteiger partial charge in [-0.2, -0.15) is 0 Å². The molecule has 2 atom stereocenters. The minimum Gasteiger partial charge on any atom is -0.496 e. The van der Waals surface area contributed by atoms with Crippen LogP contribution in [0.2, 0.25) is 0 Å². The molecule has 19 heavy (non-hydrogen) atoms. The number of aliphatic hydroxyl groups excluding tert-OH is 1. The van der Waals surface area contributed by atoms with Crippen LogP contribution in [0.1, 0.15) is 28.3 Å². The van der Waals surface area contributed by atoms with E-state index in [9.17, 15) is 5.11 Å². The summed E-state index contributed by atoms with van der Waals surface area (Å²) in [5.41, 5.74) is 7.41. The molecule has 0 aliphatic heterocycles. The second kappa shape index (κ2) is 6.14. The van der Waals surface area contributed by atoms with Gasteiger partial charge >= 0.3 is 0 Å². The number of ether oxygens (including phenoxy) is 1. The van der Waals surface area contributed by atoms with Gasteiger partial charge in [-0.15, -0.1) is 11.3 Å². The van der Waals surface area contributed by atoms with Gasteiger partial charge in [-0.3, -0.25) is 0 Å². The zero-order chi connectivity index (χ0) is 13.8. The highest BCUT2D eigenvalue weighted by atomic mass is 32.1. The number of hydrogen-bond donors (Lipinski definition) is 2. The van der Waals surface area contributed by atoms with Gasteiger partial charge < -0.3 is 15.6 Å². The molecule has 1 aromatic carbocycles. The van der Waals surface area contributed by atoms with Crippen molar-refractivity contribution in [3.8, 4) is 5.75 Å². The van der Waals surface area contributed by atoms with Gasteiger partial charge in [-0.25, -0.2) is 4.98 Å². The Hall–Kier alpha value is -1.43. The highest BCUT2D eigenvalue weighted by Crippen LogP contribution is 2.35. The van der Waals surface area contributed by atoms with Gasteiger partial charge in [-0.1, -0.05) is 18.2 Å². The van der Waals surface area contributed by atoms with E-state index in [1.54, 1.807) is 7.11 Å². The smallest absolute Gasteiger partial charge is 0.122 e. The van der Waals surface area contributed by atoms with Crippen molar-refractivity contribution < 1.29 is 9.84 Å². The van der Waals surface area contributed by atoms with Crippen molar-refractivity contribution in [1.82, 2.24) is 4.98 Å². The van der Waals surface area contributed by atoms with Crippen LogP contribution in [-0.4, -0.2) is 23.7 Å². The number of nitrogens with zero attached hydrogens (tertiary/aromatic N) is 1. The Morgan fingerprint density at radius 3 is 2.74 bits per heavy atom. The number of hydrogen-bond acceptors (Lipinski definition) is 5. The number of thiazole rings is 1. The van der Waals surface area contributed by atoms with E-state index in [1.807, 2.05) is 36.6 Å². The standard InChI is InChI=1S/C14H18N2O2S/c1-9-16-12(8-19-9)14(17)11(7-15)10-5-3-4-6-13(10)18-2/h3-6,8,11,14,17H,7,15H2,1-2H3. The largest absolute Gasteiger partial charge is 0.496 e. The molecular weight excluding hydrogens is 260 g/mol. The molecule has 5 heteroatoms. The summed E-state index contributed by atoms with van der Waals surface area (Å²) in [7, 11) is 1.62. The second-order valence-electron chi connectivity index (χ2n) is 4.32. The molecule has 102 valence electrons. The lowest BCUT2D eigenvalue weighted by Gasteiger charge is -2.22. The first kappa shape index (κ1) is 14.0. The summed E-state index contributed by atoms with van der Waals surface area (Å²) < 4.78 is 5.33. The summed E-state index contributed by atoms with van der Waals surface area (Å²) in [6, 6.07) is 7.62.